The van der Waals surface area contributed by atoms with Crippen LogP contribution in [0, 0.1) is 0 Å². The lowest BCUT2D eigenvalue weighted by Crippen LogP contribution is -2.47. The van der Waals surface area contributed by atoms with Crippen molar-refractivity contribution in [2.45, 2.75) is 6.67 Å². The quantitative estimate of drug-likeness (QED) is 0.724. The van der Waals surface area contributed by atoms with E-state index in [0.29, 0.717) is 17.9 Å². The van der Waals surface area contributed by atoms with Crippen LogP contribution < -0.4 is 10.7 Å². The lowest BCUT2D eigenvalue weighted by Gasteiger charge is -2.34. The van der Waals surface area contributed by atoms with E-state index in [1.54, 1.807) is 34.2 Å². The summed E-state index contributed by atoms with van der Waals surface area (Å²) in [6.07, 6.45) is 3.50. The van der Waals surface area contributed by atoms with Crippen molar-refractivity contribution in [2.24, 2.45) is 0 Å². The third kappa shape index (κ3) is 2.40. The van der Waals surface area contributed by atoms with Gasteiger partial charge in [0, 0.05) is 44.0 Å². The summed E-state index contributed by atoms with van der Waals surface area (Å²) in [5.41, 5.74) is 1.14. The van der Waals surface area contributed by atoms with Gasteiger partial charge in [-0.05, 0) is 12.1 Å². The molecule has 7 nitrogen and oxygen atoms in total. The third-order valence-electron chi connectivity index (χ3n) is 3.83. The monoisotopic (exact) mass is 317 g/mol. The number of thiazole rings is 1. The Kier molecular flexibility index (Phi) is 3.39. The second kappa shape index (κ2) is 5.54. The van der Waals surface area contributed by atoms with E-state index < -0.39 is 0 Å². The molecule has 0 N–H and O–H groups in total. The number of hydrogen-bond acceptors (Lipinski definition) is 7. The highest BCUT2D eigenvalue weighted by atomic mass is 32.1. The maximum atomic E-state index is 12.0. The van der Waals surface area contributed by atoms with E-state index in [2.05, 4.69) is 19.8 Å². The average Bonchev–Trinajstić information content (AvgIpc) is 3.17. The van der Waals surface area contributed by atoms with Gasteiger partial charge in [-0.2, -0.15) is 0 Å². The van der Waals surface area contributed by atoms with Crippen LogP contribution in [0.3, 0.4) is 0 Å². The number of oxazole rings is 1. The van der Waals surface area contributed by atoms with E-state index in [9.17, 15) is 4.79 Å². The van der Waals surface area contributed by atoms with Crippen LogP contribution in [0.5, 0.6) is 0 Å². The van der Waals surface area contributed by atoms with Crippen LogP contribution in [0.15, 0.2) is 39.1 Å². The van der Waals surface area contributed by atoms with Crippen LogP contribution in [0.4, 0.5) is 5.13 Å². The van der Waals surface area contributed by atoms with E-state index in [0.717, 1.165) is 31.3 Å². The topological polar surface area (TPSA) is 67.4 Å². The van der Waals surface area contributed by atoms with Crippen molar-refractivity contribution < 1.29 is 4.42 Å². The van der Waals surface area contributed by atoms with Gasteiger partial charge >= 0.3 is 5.76 Å². The molecule has 0 amide bonds. The molecule has 4 rings (SSSR count). The number of fused-ring (bicyclic) bond motifs is 1. The van der Waals surface area contributed by atoms with Crippen LogP contribution in [0.1, 0.15) is 0 Å². The van der Waals surface area contributed by atoms with Crippen molar-refractivity contribution in [3.05, 3.63) is 40.5 Å². The highest BCUT2D eigenvalue weighted by Gasteiger charge is 2.20. The first-order valence-corrected chi connectivity index (χ1v) is 8.00. The molecule has 4 heterocycles. The van der Waals surface area contributed by atoms with E-state index in [1.165, 1.54) is 0 Å². The summed E-state index contributed by atoms with van der Waals surface area (Å²) in [5.74, 6) is -0.351. The van der Waals surface area contributed by atoms with Crippen molar-refractivity contribution in [1.82, 2.24) is 19.4 Å². The van der Waals surface area contributed by atoms with Crippen LogP contribution in [-0.2, 0) is 6.67 Å². The van der Waals surface area contributed by atoms with Gasteiger partial charge in [-0.3, -0.25) is 4.90 Å². The summed E-state index contributed by atoms with van der Waals surface area (Å²) < 4.78 is 6.81. The van der Waals surface area contributed by atoms with Crippen molar-refractivity contribution in [2.75, 3.05) is 31.1 Å². The number of hydrogen-bond donors (Lipinski definition) is 0. The zero-order valence-electron chi connectivity index (χ0n) is 11.9. The highest BCUT2D eigenvalue weighted by molar-refractivity contribution is 7.13. The fraction of sp³-hybridized carbons (Fsp3) is 0.357. The van der Waals surface area contributed by atoms with Gasteiger partial charge in [-0.25, -0.2) is 19.3 Å². The Balaban J connectivity index is 1.48. The zero-order chi connectivity index (χ0) is 14.9. The van der Waals surface area contributed by atoms with Crippen molar-refractivity contribution >= 4 is 27.7 Å². The number of anilines is 1. The molecule has 0 unspecified atom stereocenters. The van der Waals surface area contributed by atoms with E-state index in [-0.39, 0.29) is 5.76 Å². The van der Waals surface area contributed by atoms with Gasteiger partial charge < -0.3 is 9.32 Å². The van der Waals surface area contributed by atoms with Crippen molar-refractivity contribution in [3.63, 3.8) is 0 Å². The maximum Gasteiger partial charge on any atom is 0.422 e. The molecule has 3 aromatic heterocycles. The van der Waals surface area contributed by atoms with E-state index in [4.69, 9.17) is 4.42 Å². The molecular formula is C14H15N5O2S. The fourth-order valence-corrected chi connectivity index (χ4v) is 3.37. The molecule has 0 spiro atoms. The Morgan fingerprint density at radius 1 is 1.18 bits per heavy atom. The van der Waals surface area contributed by atoms with Crippen LogP contribution in [-0.4, -0.2) is 45.6 Å². The SMILES string of the molecule is O=c1oc2cccnc2n1CN1CCN(c2nccs2)CC1. The molecule has 3 aromatic rings. The molecule has 0 saturated carbocycles. The molecule has 22 heavy (non-hydrogen) atoms. The molecule has 0 atom stereocenters. The van der Waals surface area contributed by atoms with Gasteiger partial charge in [0.15, 0.2) is 16.4 Å². The second-order valence-electron chi connectivity index (χ2n) is 5.18. The molecule has 1 fully saturated rings. The molecule has 8 heteroatoms. The standard InChI is InChI=1S/C14H15N5O2S/c20-14-19(12-11(21-14)2-1-3-15-12)10-17-5-7-18(8-6-17)13-16-4-9-22-13/h1-4,9H,5-8,10H2. The number of aromatic nitrogens is 3. The summed E-state index contributed by atoms with van der Waals surface area (Å²) in [6.45, 7) is 4.09. The molecule has 0 aliphatic carbocycles. The molecule has 114 valence electrons. The molecule has 1 aliphatic rings. The Hall–Kier alpha value is -2.19. The summed E-state index contributed by atoms with van der Waals surface area (Å²) in [4.78, 5) is 25.1. The largest absolute Gasteiger partial charge is 0.422 e. The Morgan fingerprint density at radius 3 is 2.82 bits per heavy atom. The minimum atomic E-state index is -0.351. The molecule has 0 radical (unpaired) electrons. The molecule has 1 aliphatic heterocycles. The Bertz CT molecular complexity index is 817. The number of piperazine rings is 1. The first-order chi connectivity index (χ1) is 10.8. The number of pyridine rings is 1. The predicted octanol–water partition coefficient (Wildman–Crippen LogP) is 1.23. The van der Waals surface area contributed by atoms with Gasteiger partial charge in [0.25, 0.3) is 0 Å². The molecule has 1 saturated heterocycles. The minimum absolute atomic E-state index is 0.351. The van der Waals surface area contributed by atoms with Crippen molar-refractivity contribution in [3.8, 4) is 0 Å². The van der Waals surface area contributed by atoms with Gasteiger partial charge in [0.05, 0.1) is 6.67 Å². The Morgan fingerprint density at radius 2 is 2.05 bits per heavy atom. The summed E-state index contributed by atoms with van der Waals surface area (Å²) in [7, 11) is 0. The number of nitrogens with zero attached hydrogens (tertiary/aromatic N) is 5. The molecular weight excluding hydrogens is 302 g/mol. The number of rotatable bonds is 3. The fourth-order valence-electron chi connectivity index (χ4n) is 2.68. The lowest BCUT2D eigenvalue weighted by molar-refractivity contribution is 0.201. The summed E-state index contributed by atoms with van der Waals surface area (Å²) >= 11 is 1.66. The average molecular weight is 317 g/mol. The third-order valence-corrected chi connectivity index (χ3v) is 4.66. The lowest BCUT2D eigenvalue weighted by atomic mass is 10.3. The van der Waals surface area contributed by atoms with Gasteiger partial charge in [-0.1, -0.05) is 0 Å². The van der Waals surface area contributed by atoms with Crippen LogP contribution in [0.2, 0.25) is 0 Å². The van der Waals surface area contributed by atoms with Gasteiger partial charge in [0.1, 0.15) is 0 Å². The predicted molar refractivity (Wildman–Crippen MR) is 84.2 cm³/mol. The second-order valence-corrected chi connectivity index (χ2v) is 6.06. The van der Waals surface area contributed by atoms with Crippen LogP contribution in [0.25, 0.3) is 11.2 Å². The zero-order valence-corrected chi connectivity index (χ0v) is 12.7. The summed E-state index contributed by atoms with van der Waals surface area (Å²) in [5, 5.41) is 3.05. The van der Waals surface area contributed by atoms with E-state index in [1.807, 2.05) is 11.6 Å². The normalized spacial score (nSPS) is 16.5. The van der Waals surface area contributed by atoms with E-state index >= 15 is 0 Å². The maximum absolute atomic E-state index is 12.0. The highest BCUT2D eigenvalue weighted by Crippen LogP contribution is 2.19. The Labute approximate surface area is 130 Å². The molecule has 0 aromatic carbocycles. The first-order valence-electron chi connectivity index (χ1n) is 7.12. The minimum Gasteiger partial charge on any atom is -0.406 e. The smallest absolute Gasteiger partial charge is 0.406 e. The van der Waals surface area contributed by atoms with Gasteiger partial charge in [0.2, 0.25) is 0 Å². The molecule has 0 bridgehead atoms. The first kappa shape index (κ1) is 13.5. The van der Waals surface area contributed by atoms with Crippen LogP contribution >= 0.6 is 11.3 Å². The summed E-state index contributed by atoms with van der Waals surface area (Å²) in [6, 6.07) is 3.53. The van der Waals surface area contributed by atoms with Gasteiger partial charge in [-0.15, -0.1) is 11.3 Å². The van der Waals surface area contributed by atoms with Crippen molar-refractivity contribution in [1.29, 1.82) is 0 Å².